The van der Waals surface area contributed by atoms with Gasteiger partial charge in [-0.3, -0.25) is 14.4 Å². The number of fused-ring (bicyclic) bond motifs is 3. The Bertz CT molecular complexity index is 2230. The van der Waals surface area contributed by atoms with E-state index in [1.165, 1.54) is 11.6 Å². The second-order valence-electron chi connectivity index (χ2n) is 13.5. The molecule has 0 aliphatic carbocycles. The summed E-state index contributed by atoms with van der Waals surface area (Å²) in [6, 6.07) is 0.767. The number of ether oxygens (including phenoxy) is 2. The van der Waals surface area contributed by atoms with E-state index < -0.39 is 66.0 Å². The van der Waals surface area contributed by atoms with Crippen molar-refractivity contribution in [2.24, 2.45) is 0 Å². The van der Waals surface area contributed by atoms with Gasteiger partial charge in [0.2, 0.25) is 0 Å². The van der Waals surface area contributed by atoms with Crippen LogP contribution in [0.5, 0.6) is 6.01 Å². The smallest absolute Gasteiger partial charge is 0.418 e. The SMILES string of the molecule is [2H]C([2H])([2H])N(C(=O)c1nn2c(c1Cl)CN(c1nc(OC[C@@]34CCCN3CC(=C)C4)nc3c1CO[C@@H](c1c(F)c(N)cc(C#CC)c1C(F)(F)F)C3)CCC2)C([2H])([2H])[2H]. The molecule has 2 saturated heterocycles. The Morgan fingerprint density at radius 2 is 2.08 bits per heavy atom. The highest BCUT2D eigenvalue weighted by Gasteiger charge is 2.47. The number of benzene rings is 1. The van der Waals surface area contributed by atoms with Crippen LogP contribution < -0.4 is 15.4 Å². The molecule has 1 aromatic carbocycles. The quantitative estimate of drug-likeness (QED) is 0.150. The first-order chi connectivity index (χ1) is 27.1. The zero-order chi connectivity index (χ0) is 42.1. The molecule has 16 heteroatoms. The van der Waals surface area contributed by atoms with E-state index in [0.717, 1.165) is 37.6 Å². The van der Waals surface area contributed by atoms with Gasteiger partial charge in [0.05, 0.1) is 52.5 Å². The maximum Gasteiger partial charge on any atom is 0.418 e. The molecule has 0 radical (unpaired) electrons. The monoisotopic (exact) mass is 748 g/mol. The zero-order valence-corrected chi connectivity index (χ0v) is 28.9. The lowest BCUT2D eigenvalue weighted by molar-refractivity contribution is -0.140. The average Bonchev–Trinajstić information content (AvgIpc) is 3.68. The van der Waals surface area contributed by atoms with E-state index in [-0.39, 0.29) is 71.4 Å². The topological polar surface area (TPSA) is 115 Å². The van der Waals surface area contributed by atoms with E-state index >= 15 is 4.39 Å². The minimum Gasteiger partial charge on any atom is -0.461 e. The Labute approximate surface area is 312 Å². The summed E-state index contributed by atoms with van der Waals surface area (Å²) < 4.78 is 120. The van der Waals surface area contributed by atoms with Crippen LogP contribution in [0.15, 0.2) is 18.2 Å². The summed E-state index contributed by atoms with van der Waals surface area (Å²) >= 11 is 6.70. The number of carbonyl (C=O) groups is 1. The number of hydrogen-bond acceptors (Lipinski definition) is 9. The second kappa shape index (κ2) is 13.5. The molecule has 4 aliphatic heterocycles. The Balaban J connectivity index is 1.29. The van der Waals surface area contributed by atoms with Gasteiger partial charge in [0.1, 0.15) is 12.4 Å². The molecule has 2 aromatic heterocycles. The standard InChI is InChI=1S/C36H39ClF4N8O3/c1-5-8-21-13-23(42)30(38)27(28(21)36(39,40)41)26-14-24-22(18-51-26)32(44-34(43-24)52-19-35-9-6-11-48(35)16-20(2)15-35)47-10-7-12-49-25(17-47)29(37)31(45-49)33(50)46(3)4/h13,26H,2,6-7,9-12,14-19,42H2,1,3-4H3/t26-,35+/m1/s1/i3D3,4D3. The fourth-order valence-corrected chi connectivity index (χ4v) is 8.11. The van der Waals surface area contributed by atoms with Crippen LogP contribution in [-0.4, -0.2) is 81.2 Å². The van der Waals surface area contributed by atoms with Gasteiger partial charge in [-0.1, -0.05) is 29.7 Å². The van der Waals surface area contributed by atoms with Crippen molar-refractivity contribution in [2.75, 3.05) is 50.8 Å². The van der Waals surface area contributed by atoms with Gasteiger partial charge in [0.15, 0.2) is 11.5 Å². The molecule has 276 valence electrons. The number of alkyl halides is 3. The second-order valence-corrected chi connectivity index (χ2v) is 13.8. The predicted octanol–water partition coefficient (Wildman–Crippen LogP) is 5.54. The van der Waals surface area contributed by atoms with Gasteiger partial charge < -0.3 is 25.0 Å². The predicted molar refractivity (Wildman–Crippen MR) is 185 cm³/mol. The molecule has 0 saturated carbocycles. The van der Waals surface area contributed by atoms with Crippen molar-refractivity contribution >= 4 is 29.0 Å². The van der Waals surface area contributed by atoms with Crippen molar-refractivity contribution in [3.63, 3.8) is 0 Å². The van der Waals surface area contributed by atoms with Crippen molar-refractivity contribution in [2.45, 2.75) is 76.5 Å². The van der Waals surface area contributed by atoms with Gasteiger partial charge in [-0.2, -0.15) is 28.2 Å². The molecule has 1 amide bonds. The van der Waals surface area contributed by atoms with Crippen molar-refractivity contribution in [3.05, 3.63) is 68.4 Å². The highest BCUT2D eigenvalue weighted by Crippen LogP contribution is 2.45. The van der Waals surface area contributed by atoms with E-state index in [1.54, 1.807) is 4.90 Å². The third-order valence-electron chi connectivity index (χ3n) is 10.1. The van der Waals surface area contributed by atoms with E-state index in [2.05, 4.69) is 33.4 Å². The van der Waals surface area contributed by atoms with Gasteiger partial charge in [-0.05, 0) is 45.2 Å². The highest BCUT2D eigenvalue weighted by atomic mass is 35.5. The molecule has 7 rings (SSSR count). The van der Waals surface area contributed by atoms with Crippen molar-refractivity contribution < 1.29 is 40.1 Å². The van der Waals surface area contributed by atoms with E-state index in [1.807, 2.05) is 0 Å². The summed E-state index contributed by atoms with van der Waals surface area (Å²) in [6.07, 6.45) is -3.96. The van der Waals surface area contributed by atoms with Crippen LogP contribution in [0, 0.1) is 17.7 Å². The number of aromatic nitrogens is 4. The van der Waals surface area contributed by atoms with E-state index in [0.29, 0.717) is 24.9 Å². The molecule has 0 unspecified atom stereocenters. The number of nitrogens with two attached hydrogens (primary N) is 1. The molecule has 0 bridgehead atoms. The summed E-state index contributed by atoms with van der Waals surface area (Å²) in [4.78, 5) is 26.7. The number of aryl methyl sites for hydroxylation is 1. The maximum absolute atomic E-state index is 15.8. The van der Waals surface area contributed by atoms with Crippen LogP contribution in [0.2, 0.25) is 5.02 Å². The minimum atomic E-state index is -5.02. The fraction of sp³-hybridized carbons (Fsp3) is 0.500. The van der Waals surface area contributed by atoms with Crippen LogP contribution >= 0.6 is 11.6 Å². The lowest BCUT2D eigenvalue weighted by Gasteiger charge is -2.33. The number of nitrogen functional groups attached to an aromatic ring is 1. The van der Waals surface area contributed by atoms with Crippen LogP contribution in [0.3, 0.4) is 0 Å². The van der Waals surface area contributed by atoms with Crippen LogP contribution in [-0.2, 0) is 37.0 Å². The number of anilines is 2. The van der Waals surface area contributed by atoms with Crippen molar-refractivity contribution in [1.29, 1.82) is 0 Å². The number of halogens is 5. The minimum absolute atomic E-state index is 0.0778. The van der Waals surface area contributed by atoms with Gasteiger partial charge >= 0.3 is 12.2 Å². The van der Waals surface area contributed by atoms with Gasteiger partial charge in [0, 0.05) is 64.9 Å². The molecular weight excluding hydrogens is 704 g/mol. The number of hydrogen-bond donors (Lipinski definition) is 1. The Morgan fingerprint density at radius 3 is 2.83 bits per heavy atom. The largest absolute Gasteiger partial charge is 0.461 e. The van der Waals surface area contributed by atoms with Crippen LogP contribution in [0.4, 0.5) is 29.1 Å². The summed E-state index contributed by atoms with van der Waals surface area (Å²) in [7, 11) is 0. The molecule has 0 spiro atoms. The number of nitrogens with zero attached hydrogens (tertiary/aromatic N) is 7. The lowest BCUT2D eigenvalue weighted by Crippen LogP contribution is -2.43. The summed E-state index contributed by atoms with van der Waals surface area (Å²) in [5, 5.41) is 3.97. The summed E-state index contributed by atoms with van der Waals surface area (Å²) in [5.74, 6) is 2.39. The third-order valence-corrected chi connectivity index (χ3v) is 10.5. The molecular formula is C36H39ClF4N8O3. The molecule has 2 fully saturated rings. The van der Waals surface area contributed by atoms with Gasteiger partial charge in [0.25, 0.3) is 5.91 Å². The fourth-order valence-electron chi connectivity index (χ4n) is 7.84. The van der Waals surface area contributed by atoms with Gasteiger partial charge in [-0.25, -0.2) is 4.39 Å². The average molecular weight is 749 g/mol. The summed E-state index contributed by atoms with van der Waals surface area (Å²) in [6.45, 7) is 0.683. The van der Waals surface area contributed by atoms with Crippen LogP contribution in [0.1, 0.15) is 91.1 Å². The van der Waals surface area contributed by atoms with E-state index in [4.69, 9.17) is 40.0 Å². The normalized spacial score (nSPS) is 23.8. The number of amides is 1. The Kier molecular flexibility index (Phi) is 7.58. The molecule has 4 aliphatic rings. The van der Waals surface area contributed by atoms with E-state index in [9.17, 15) is 18.0 Å². The number of rotatable bonds is 6. The first-order valence-corrected chi connectivity index (χ1v) is 17.0. The Morgan fingerprint density at radius 1 is 1.27 bits per heavy atom. The highest BCUT2D eigenvalue weighted by molar-refractivity contribution is 6.34. The van der Waals surface area contributed by atoms with Crippen molar-refractivity contribution in [3.8, 4) is 17.9 Å². The molecule has 6 heterocycles. The zero-order valence-electron chi connectivity index (χ0n) is 34.2. The molecule has 2 N–H and O–H groups in total. The Hall–Kier alpha value is -4.39. The maximum atomic E-state index is 15.8. The molecule has 2 atom stereocenters. The lowest BCUT2D eigenvalue weighted by atomic mass is 9.91. The van der Waals surface area contributed by atoms with Crippen molar-refractivity contribution in [1.82, 2.24) is 29.5 Å². The first kappa shape index (κ1) is 29.1. The third kappa shape index (κ3) is 6.34. The molecule has 3 aromatic rings. The number of carbonyl (C=O) groups excluding carboxylic acids is 1. The first-order valence-electron chi connectivity index (χ1n) is 19.7. The van der Waals surface area contributed by atoms with Gasteiger partial charge in [-0.15, -0.1) is 5.92 Å². The summed E-state index contributed by atoms with van der Waals surface area (Å²) in [5.41, 5.74) is 3.76. The molecule has 52 heavy (non-hydrogen) atoms. The van der Waals surface area contributed by atoms with Crippen LogP contribution in [0.25, 0.3) is 0 Å². The molecule has 11 nitrogen and oxygen atoms in total.